The van der Waals surface area contributed by atoms with Crippen molar-refractivity contribution in [3.63, 3.8) is 0 Å². The Kier molecular flexibility index (Phi) is 3.83. The van der Waals surface area contributed by atoms with Crippen LogP contribution in [0.4, 0.5) is 0 Å². The van der Waals surface area contributed by atoms with Crippen LogP contribution in [0, 0.1) is 11.8 Å². The van der Waals surface area contributed by atoms with Crippen molar-refractivity contribution in [3.8, 4) is 23.0 Å². The molecule has 4 aromatic rings. The quantitative estimate of drug-likeness (QED) is 0.382. The summed E-state index contributed by atoms with van der Waals surface area (Å²) in [6, 6.07) is 23.7. The lowest BCUT2D eigenvalue weighted by Crippen LogP contribution is -1.83. The number of hydrogen-bond donors (Lipinski definition) is 0. The lowest BCUT2D eigenvalue weighted by atomic mass is 9.99. The number of furan rings is 1. The Balaban J connectivity index is 1.80. The van der Waals surface area contributed by atoms with Crippen LogP contribution in [0.3, 0.4) is 0 Å². The van der Waals surface area contributed by atoms with Crippen LogP contribution in [0.1, 0.15) is 11.1 Å². The Hall–Kier alpha value is -2.95. The second kappa shape index (κ2) is 6.28. The van der Waals surface area contributed by atoms with Gasteiger partial charge in [0, 0.05) is 32.7 Å². The molecule has 0 atom stereocenters. The van der Waals surface area contributed by atoms with Crippen molar-refractivity contribution in [1.82, 2.24) is 0 Å². The molecule has 24 heavy (non-hydrogen) atoms. The molecule has 1 heterocycles. The summed E-state index contributed by atoms with van der Waals surface area (Å²) in [6.07, 6.45) is 1.80. The third-order valence-corrected chi connectivity index (χ3v) is 4.14. The number of hydrogen-bond acceptors (Lipinski definition) is 1. The highest BCUT2D eigenvalue weighted by Crippen LogP contribution is 2.32. The molecule has 0 radical (unpaired) electrons. The van der Waals surface area contributed by atoms with Gasteiger partial charge in [0.15, 0.2) is 0 Å². The summed E-state index contributed by atoms with van der Waals surface area (Å²) in [4.78, 5) is 0. The number of rotatable bonds is 1. The average molecular weight is 329 g/mol. The fourth-order valence-corrected chi connectivity index (χ4v) is 2.81. The summed E-state index contributed by atoms with van der Waals surface area (Å²) in [7, 11) is 0. The first-order chi connectivity index (χ1) is 11.8. The normalized spacial score (nSPS) is 10.4. The Morgan fingerprint density at radius 3 is 2.33 bits per heavy atom. The van der Waals surface area contributed by atoms with E-state index in [1.807, 2.05) is 60.7 Å². The van der Waals surface area contributed by atoms with Crippen molar-refractivity contribution in [2.75, 3.05) is 0 Å². The number of benzene rings is 3. The third kappa shape index (κ3) is 2.80. The largest absolute Gasteiger partial charge is 0.464 e. The summed E-state index contributed by atoms with van der Waals surface area (Å²) in [5.74, 6) is 6.47. The average Bonchev–Trinajstić information content (AvgIpc) is 3.05. The Bertz CT molecular complexity index is 1060. The van der Waals surface area contributed by atoms with E-state index in [0.29, 0.717) is 5.02 Å². The van der Waals surface area contributed by atoms with Crippen molar-refractivity contribution in [1.29, 1.82) is 0 Å². The molecule has 0 aliphatic rings. The molecule has 1 aromatic heterocycles. The summed E-state index contributed by atoms with van der Waals surface area (Å²) in [5.41, 5.74) is 4.92. The van der Waals surface area contributed by atoms with Gasteiger partial charge in [0.05, 0.1) is 6.26 Å². The number of para-hydroxylation sites is 1. The summed E-state index contributed by atoms with van der Waals surface area (Å²) in [5, 5.41) is 1.81. The molecule has 2 heteroatoms. The van der Waals surface area contributed by atoms with E-state index in [-0.39, 0.29) is 0 Å². The molecule has 0 unspecified atom stereocenters. The first-order valence-corrected chi connectivity index (χ1v) is 8.02. The molecular weight excluding hydrogens is 316 g/mol. The van der Waals surface area contributed by atoms with E-state index >= 15 is 0 Å². The van der Waals surface area contributed by atoms with E-state index < -0.39 is 0 Å². The van der Waals surface area contributed by atoms with Gasteiger partial charge in [0.25, 0.3) is 0 Å². The molecule has 4 rings (SSSR count). The molecule has 0 aliphatic heterocycles. The highest BCUT2D eigenvalue weighted by atomic mass is 35.5. The molecule has 0 saturated heterocycles. The Morgan fingerprint density at radius 1 is 0.708 bits per heavy atom. The standard InChI is InChI=1S/C22H13ClO/c23-18-13-10-16(11-14-18)9-12-17-5-1-2-6-19(17)21-15-24-22-8-4-3-7-20(21)22/h1-8,10-11,13-15H. The monoisotopic (exact) mass is 328 g/mol. The fraction of sp³-hybridized carbons (Fsp3) is 0. The van der Waals surface area contributed by atoms with E-state index in [0.717, 1.165) is 33.2 Å². The van der Waals surface area contributed by atoms with Crippen molar-refractivity contribution >= 4 is 22.6 Å². The number of halogens is 1. The molecule has 0 spiro atoms. The van der Waals surface area contributed by atoms with Gasteiger partial charge >= 0.3 is 0 Å². The smallest absolute Gasteiger partial charge is 0.134 e. The zero-order valence-corrected chi connectivity index (χ0v) is 13.5. The minimum absolute atomic E-state index is 0.714. The molecule has 1 nitrogen and oxygen atoms in total. The first kappa shape index (κ1) is 14.6. The van der Waals surface area contributed by atoms with Crippen LogP contribution in [0.15, 0.2) is 83.5 Å². The van der Waals surface area contributed by atoms with Gasteiger partial charge in [-0.2, -0.15) is 0 Å². The zero-order chi connectivity index (χ0) is 16.4. The molecule has 0 bridgehead atoms. The first-order valence-electron chi connectivity index (χ1n) is 7.64. The maximum atomic E-state index is 5.92. The lowest BCUT2D eigenvalue weighted by molar-refractivity contribution is 0.617. The highest BCUT2D eigenvalue weighted by molar-refractivity contribution is 6.30. The van der Waals surface area contributed by atoms with Gasteiger partial charge in [-0.05, 0) is 36.4 Å². The van der Waals surface area contributed by atoms with E-state index in [1.165, 1.54) is 0 Å². The minimum atomic E-state index is 0.714. The van der Waals surface area contributed by atoms with E-state index in [2.05, 4.69) is 24.0 Å². The van der Waals surface area contributed by atoms with Crippen LogP contribution in [0.25, 0.3) is 22.1 Å². The topological polar surface area (TPSA) is 13.1 Å². The lowest BCUT2D eigenvalue weighted by Gasteiger charge is -2.02. The van der Waals surface area contributed by atoms with Crippen LogP contribution in [0.5, 0.6) is 0 Å². The third-order valence-electron chi connectivity index (χ3n) is 3.88. The Labute approximate surface area is 145 Å². The van der Waals surface area contributed by atoms with Crippen molar-refractivity contribution < 1.29 is 4.42 Å². The second-order valence-electron chi connectivity index (χ2n) is 5.45. The van der Waals surface area contributed by atoms with E-state index in [4.69, 9.17) is 16.0 Å². The van der Waals surface area contributed by atoms with Crippen LogP contribution in [-0.4, -0.2) is 0 Å². The summed E-state index contributed by atoms with van der Waals surface area (Å²) in [6.45, 7) is 0. The van der Waals surface area contributed by atoms with Crippen LogP contribution in [-0.2, 0) is 0 Å². The molecular formula is C22H13ClO. The predicted molar refractivity (Wildman–Crippen MR) is 99.1 cm³/mol. The predicted octanol–water partition coefficient (Wildman–Crippen LogP) is 6.15. The maximum absolute atomic E-state index is 5.92. The van der Waals surface area contributed by atoms with Gasteiger partial charge in [0.2, 0.25) is 0 Å². The van der Waals surface area contributed by atoms with Crippen molar-refractivity contribution in [3.05, 3.63) is 95.2 Å². The van der Waals surface area contributed by atoms with E-state index in [9.17, 15) is 0 Å². The summed E-state index contributed by atoms with van der Waals surface area (Å²) < 4.78 is 5.67. The second-order valence-corrected chi connectivity index (χ2v) is 5.88. The summed E-state index contributed by atoms with van der Waals surface area (Å²) >= 11 is 5.92. The zero-order valence-electron chi connectivity index (χ0n) is 12.8. The van der Waals surface area contributed by atoms with Gasteiger partial charge in [-0.25, -0.2) is 0 Å². The van der Waals surface area contributed by atoms with Gasteiger partial charge in [-0.3, -0.25) is 0 Å². The van der Waals surface area contributed by atoms with Gasteiger partial charge in [-0.15, -0.1) is 0 Å². The molecule has 3 aromatic carbocycles. The molecule has 114 valence electrons. The molecule has 0 amide bonds. The van der Waals surface area contributed by atoms with Crippen LogP contribution in [0.2, 0.25) is 5.02 Å². The van der Waals surface area contributed by atoms with Crippen LogP contribution < -0.4 is 0 Å². The minimum Gasteiger partial charge on any atom is -0.464 e. The molecule has 0 fully saturated rings. The molecule has 0 saturated carbocycles. The molecule has 0 aliphatic carbocycles. The highest BCUT2D eigenvalue weighted by Gasteiger charge is 2.10. The molecule has 0 N–H and O–H groups in total. The Morgan fingerprint density at radius 2 is 1.46 bits per heavy atom. The van der Waals surface area contributed by atoms with Crippen molar-refractivity contribution in [2.24, 2.45) is 0 Å². The van der Waals surface area contributed by atoms with Gasteiger partial charge in [0.1, 0.15) is 5.58 Å². The van der Waals surface area contributed by atoms with Crippen molar-refractivity contribution in [2.45, 2.75) is 0 Å². The number of fused-ring (bicyclic) bond motifs is 1. The maximum Gasteiger partial charge on any atom is 0.134 e. The SMILES string of the molecule is Clc1ccc(C#Cc2ccccc2-c2coc3ccccc23)cc1. The fourth-order valence-electron chi connectivity index (χ4n) is 2.69. The van der Waals surface area contributed by atoms with Gasteiger partial charge < -0.3 is 4.42 Å². The van der Waals surface area contributed by atoms with Crippen LogP contribution >= 0.6 is 11.6 Å². The van der Waals surface area contributed by atoms with E-state index in [1.54, 1.807) is 6.26 Å². The van der Waals surface area contributed by atoms with Gasteiger partial charge in [-0.1, -0.05) is 59.8 Å².